The van der Waals surface area contributed by atoms with Gasteiger partial charge in [0.25, 0.3) is 5.91 Å². The van der Waals surface area contributed by atoms with Crippen molar-refractivity contribution >= 4 is 5.91 Å². The molecule has 0 saturated carbocycles. The van der Waals surface area contributed by atoms with Gasteiger partial charge in [-0.2, -0.15) is 0 Å². The Balaban J connectivity index is 1.86. The summed E-state index contributed by atoms with van der Waals surface area (Å²) in [7, 11) is 0. The van der Waals surface area contributed by atoms with Gasteiger partial charge in [0.15, 0.2) is 0 Å². The molecule has 0 spiro atoms. The van der Waals surface area contributed by atoms with E-state index in [1.54, 1.807) is 12.1 Å². The standard InChI is InChI=1S/C16H24N2O4/c1-11-2-3-15(21)14(6-11)16(22)17-7-12-4-5-18(8-12)13(9-19)10-20/h2-3,6,12-13,19-21H,4-5,7-10H2,1H3,(H,17,22)/t12-/m1/s1. The molecule has 1 fully saturated rings. The van der Waals surface area contributed by atoms with Crippen molar-refractivity contribution in [1.82, 2.24) is 10.2 Å². The van der Waals surface area contributed by atoms with Crippen LogP contribution in [0.5, 0.6) is 5.75 Å². The fourth-order valence-electron chi connectivity index (χ4n) is 2.81. The predicted molar refractivity (Wildman–Crippen MR) is 82.8 cm³/mol. The maximum absolute atomic E-state index is 12.1. The molecule has 1 aromatic carbocycles. The topological polar surface area (TPSA) is 93.0 Å². The first-order chi connectivity index (χ1) is 10.5. The van der Waals surface area contributed by atoms with Gasteiger partial charge in [-0.25, -0.2) is 0 Å². The highest BCUT2D eigenvalue weighted by atomic mass is 16.3. The normalized spacial score (nSPS) is 18.8. The number of aryl methyl sites for hydroxylation is 1. The van der Waals surface area contributed by atoms with Crippen LogP contribution in [0.25, 0.3) is 0 Å². The lowest BCUT2D eigenvalue weighted by Gasteiger charge is -2.24. The number of phenols is 1. The van der Waals surface area contributed by atoms with E-state index in [0.717, 1.165) is 25.1 Å². The zero-order valence-electron chi connectivity index (χ0n) is 12.8. The number of nitrogens with zero attached hydrogens (tertiary/aromatic N) is 1. The molecule has 6 nitrogen and oxygen atoms in total. The summed E-state index contributed by atoms with van der Waals surface area (Å²) >= 11 is 0. The number of aliphatic hydroxyl groups is 2. The van der Waals surface area contributed by atoms with Gasteiger partial charge in [-0.05, 0) is 37.9 Å². The number of carbonyl (C=O) groups is 1. The number of nitrogens with one attached hydrogen (secondary N) is 1. The number of benzene rings is 1. The zero-order chi connectivity index (χ0) is 16.1. The number of amides is 1. The minimum Gasteiger partial charge on any atom is -0.507 e. The van der Waals surface area contributed by atoms with Crippen LogP contribution in [0.15, 0.2) is 18.2 Å². The number of hydrogen-bond donors (Lipinski definition) is 4. The molecule has 0 bridgehead atoms. The molecule has 22 heavy (non-hydrogen) atoms. The molecule has 122 valence electrons. The molecule has 1 atom stereocenters. The summed E-state index contributed by atoms with van der Waals surface area (Å²) in [6.07, 6.45) is 0.913. The minimum absolute atomic E-state index is 0.0169. The number of rotatable bonds is 6. The average Bonchev–Trinajstić information content (AvgIpc) is 2.97. The van der Waals surface area contributed by atoms with Gasteiger partial charge in [0.1, 0.15) is 5.75 Å². The Hall–Kier alpha value is -1.63. The summed E-state index contributed by atoms with van der Waals surface area (Å²) < 4.78 is 0. The molecular formula is C16H24N2O4. The number of aromatic hydroxyl groups is 1. The Kier molecular flexibility index (Phi) is 5.76. The fraction of sp³-hybridized carbons (Fsp3) is 0.562. The summed E-state index contributed by atoms with van der Waals surface area (Å²) in [6.45, 7) is 3.81. The van der Waals surface area contributed by atoms with E-state index in [-0.39, 0.29) is 36.8 Å². The molecule has 0 aromatic heterocycles. The highest BCUT2D eigenvalue weighted by molar-refractivity contribution is 5.96. The SMILES string of the molecule is Cc1ccc(O)c(C(=O)NC[C@H]2CCN(C(CO)CO)C2)c1. The second-order valence-corrected chi connectivity index (χ2v) is 5.90. The molecule has 0 unspecified atom stereocenters. The molecule has 1 aliphatic rings. The Labute approximate surface area is 130 Å². The molecule has 1 amide bonds. The maximum Gasteiger partial charge on any atom is 0.255 e. The van der Waals surface area contributed by atoms with Crippen LogP contribution in [0.4, 0.5) is 0 Å². The molecule has 1 aliphatic heterocycles. The lowest BCUT2D eigenvalue weighted by molar-refractivity contribution is 0.0865. The van der Waals surface area contributed by atoms with E-state index in [4.69, 9.17) is 0 Å². The molecule has 0 aliphatic carbocycles. The van der Waals surface area contributed by atoms with E-state index < -0.39 is 0 Å². The van der Waals surface area contributed by atoms with E-state index in [1.165, 1.54) is 6.07 Å². The molecule has 0 radical (unpaired) electrons. The van der Waals surface area contributed by atoms with Crippen molar-refractivity contribution in [3.8, 4) is 5.75 Å². The minimum atomic E-state index is -0.277. The van der Waals surface area contributed by atoms with Crippen molar-refractivity contribution in [3.05, 3.63) is 29.3 Å². The van der Waals surface area contributed by atoms with Gasteiger partial charge in [0, 0.05) is 13.1 Å². The van der Waals surface area contributed by atoms with Crippen molar-refractivity contribution in [3.63, 3.8) is 0 Å². The van der Waals surface area contributed by atoms with E-state index in [1.807, 2.05) is 11.8 Å². The number of carbonyl (C=O) groups excluding carboxylic acids is 1. The highest BCUT2D eigenvalue weighted by Gasteiger charge is 2.27. The van der Waals surface area contributed by atoms with Gasteiger partial charge in [-0.1, -0.05) is 11.6 Å². The second-order valence-electron chi connectivity index (χ2n) is 5.90. The maximum atomic E-state index is 12.1. The van der Waals surface area contributed by atoms with Crippen LogP contribution in [0.2, 0.25) is 0 Å². The third-order valence-electron chi connectivity index (χ3n) is 4.20. The van der Waals surface area contributed by atoms with Gasteiger partial charge < -0.3 is 20.6 Å². The number of aliphatic hydroxyl groups excluding tert-OH is 2. The van der Waals surface area contributed by atoms with Crippen molar-refractivity contribution in [2.45, 2.75) is 19.4 Å². The van der Waals surface area contributed by atoms with Gasteiger partial charge in [0.05, 0.1) is 24.8 Å². The van der Waals surface area contributed by atoms with Crippen molar-refractivity contribution in [2.75, 3.05) is 32.8 Å². The first-order valence-corrected chi connectivity index (χ1v) is 7.58. The fourth-order valence-corrected chi connectivity index (χ4v) is 2.81. The molecule has 4 N–H and O–H groups in total. The van der Waals surface area contributed by atoms with E-state index in [9.17, 15) is 20.1 Å². The van der Waals surface area contributed by atoms with E-state index in [0.29, 0.717) is 12.1 Å². The Morgan fingerprint density at radius 3 is 2.82 bits per heavy atom. The van der Waals surface area contributed by atoms with Crippen molar-refractivity contribution in [2.24, 2.45) is 5.92 Å². The van der Waals surface area contributed by atoms with Crippen LogP contribution in [0.3, 0.4) is 0 Å². The van der Waals surface area contributed by atoms with Crippen LogP contribution in [-0.4, -0.2) is 65.0 Å². The first kappa shape index (κ1) is 16.7. The smallest absolute Gasteiger partial charge is 0.255 e. The lowest BCUT2D eigenvalue weighted by atomic mass is 10.1. The van der Waals surface area contributed by atoms with Crippen LogP contribution < -0.4 is 5.32 Å². The number of hydrogen-bond acceptors (Lipinski definition) is 5. The molecule has 1 aromatic rings. The molecular weight excluding hydrogens is 284 g/mol. The number of likely N-dealkylation sites (tertiary alicyclic amines) is 1. The van der Waals surface area contributed by atoms with Gasteiger partial charge in [-0.3, -0.25) is 9.69 Å². The Bertz CT molecular complexity index is 517. The monoisotopic (exact) mass is 308 g/mol. The summed E-state index contributed by atoms with van der Waals surface area (Å²) in [6, 6.07) is 4.72. The Morgan fingerprint density at radius 2 is 2.14 bits per heavy atom. The Morgan fingerprint density at radius 1 is 1.41 bits per heavy atom. The summed E-state index contributed by atoms with van der Waals surface area (Å²) in [5.41, 5.74) is 1.21. The van der Waals surface area contributed by atoms with Crippen molar-refractivity contribution < 1.29 is 20.1 Å². The van der Waals surface area contributed by atoms with Crippen LogP contribution >= 0.6 is 0 Å². The van der Waals surface area contributed by atoms with Gasteiger partial charge in [0.2, 0.25) is 0 Å². The second kappa shape index (κ2) is 7.58. The average molecular weight is 308 g/mol. The molecule has 6 heteroatoms. The van der Waals surface area contributed by atoms with Crippen molar-refractivity contribution in [1.29, 1.82) is 0 Å². The quantitative estimate of drug-likeness (QED) is 0.598. The first-order valence-electron chi connectivity index (χ1n) is 7.58. The highest BCUT2D eigenvalue weighted by Crippen LogP contribution is 2.20. The van der Waals surface area contributed by atoms with E-state index >= 15 is 0 Å². The van der Waals surface area contributed by atoms with Crippen LogP contribution in [-0.2, 0) is 0 Å². The third kappa shape index (κ3) is 3.97. The predicted octanol–water partition coefficient (Wildman–Crippen LogP) is 0.106. The molecule has 1 saturated heterocycles. The zero-order valence-corrected chi connectivity index (χ0v) is 12.8. The van der Waals surface area contributed by atoms with E-state index in [2.05, 4.69) is 5.32 Å². The van der Waals surface area contributed by atoms with Crippen LogP contribution in [0, 0.1) is 12.8 Å². The molecule has 2 rings (SSSR count). The summed E-state index contributed by atoms with van der Waals surface area (Å²) in [5.74, 6) is -0.00575. The number of phenolic OH excluding ortho intramolecular Hbond substituents is 1. The summed E-state index contributed by atoms with van der Waals surface area (Å²) in [5, 5.41) is 31.0. The third-order valence-corrected chi connectivity index (χ3v) is 4.20. The summed E-state index contributed by atoms with van der Waals surface area (Å²) in [4.78, 5) is 14.2. The van der Waals surface area contributed by atoms with Gasteiger partial charge >= 0.3 is 0 Å². The largest absolute Gasteiger partial charge is 0.507 e. The van der Waals surface area contributed by atoms with Gasteiger partial charge in [-0.15, -0.1) is 0 Å². The lowest BCUT2D eigenvalue weighted by Crippen LogP contribution is -2.40. The van der Waals surface area contributed by atoms with Crippen LogP contribution in [0.1, 0.15) is 22.3 Å². The molecule has 1 heterocycles.